The number of carboxylic acid groups (broad SMARTS) is 1. The lowest BCUT2D eigenvalue weighted by Gasteiger charge is -2.09. The molecule has 6 nitrogen and oxygen atoms in total. The van der Waals surface area contributed by atoms with Gasteiger partial charge in [-0.05, 0) is 26.0 Å². The molecule has 0 aliphatic carbocycles. The Bertz CT molecular complexity index is 403. The monoisotopic (exact) mass is 237 g/mol. The molecule has 17 heavy (non-hydrogen) atoms. The highest BCUT2D eigenvalue weighted by molar-refractivity contribution is 5.94. The molecule has 3 N–H and O–H groups in total. The molecule has 0 bridgehead atoms. The summed E-state index contributed by atoms with van der Waals surface area (Å²) in [5, 5.41) is 14.0. The average molecular weight is 237 g/mol. The van der Waals surface area contributed by atoms with Crippen molar-refractivity contribution in [2.75, 3.05) is 11.9 Å². The molecule has 0 radical (unpaired) electrons. The topological polar surface area (TPSA) is 91.3 Å². The Morgan fingerprint density at radius 2 is 2.18 bits per heavy atom. The van der Waals surface area contributed by atoms with Gasteiger partial charge in [0, 0.05) is 12.7 Å². The van der Waals surface area contributed by atoms with Gasteiger partial charge in [0.1, 0.15) is 11.9 Å². The van der Waals surface area contributed by atoms with Crippen molar-refractivity contribution in [3.8, 4) is 0 Å². The largest absolute Gasteiger partial charge is 0.480 e. The first kappa shape index (κ1) is 13.0. The number of pyridine rings is 1. The maximum absolute atomic E-state index is 11.4. The van der Waals surface area contributed by atoms with Crippen molar-refractivity contribution in [1.29, 1.82) is 0 Å². The molecule has 0 spiro atoms. The Labute approximate surface area is 99.1 Å². The molecule has 1 atom stereocenters. The third kappa shape index (κ3) is 3.75. The van der Waals surface area contributed by atoms with Crippen LogP contribution in [0, 0.1) is 0 Å². The molecule has 1 aromatic rings. The van der Waals surface area contributed by atoms with Crippen LogP contribution in [0.3, 0.4) is 0 Å². The van der Waals surface area contributed by atoms with Gasteiger partial charge in [-0.3, -0.25) is 9.59 Å². The van der Waals surface area contributed by atoms with Crippen LogP contribution in [0.1, 0.15) is 24.2 Å². The zero-order chi connectivity index (χ0) is 12.8. The van der Waals surface area contributed by atoms with Gasteiger partial charge < -0.3 is 15.7 Å². The lowest BCUT2D eigenvalue weighted by Crippen LogP contribution is -2.26. The molecule has 0 saturated carbocycles. The molecule has 92 valence electrons. The standard InChI is InChI=1S/C11H15N3O3/c1-3-12-10(15)8-4-5-9(13-6-8)14-7(2)11(16)17/h4-7H,3H2,1-2H3,(H,12,15)(H,13,14)(H,16,17). The minimum Gasteiger partial charge on any atom is -0.480 e. The number of amides is 1. The lowest BCUT2D eigenvalue weighted by atomic mass is 10.2. The Morgan fingerprint density at radius 1 is 1.47 bits per heavy atom. The maximum atomic E-state index is 11.4. The van der Waals surface area contributed by atoms with E-state index >= 15 is 0 Å². The summed E-state index contributed by atoms with van der Waals surface area (Å²) in [7, 11) is 0. The molecule has 6 heteroatoms. The molecule has 0 fully saturated rings. The average Bonchev–Trinajstić information content (AvgIpc) is 2.30. The van der Waals surface area contributed by atoms with Crippen molar-refractivity contribution >= 4 is 17.7 Å². The van der Waals surface area contributed by atoms with E-state index in [2.05, 4.69) is 15.6 Å². The van der Waals surface area contributed by atoms with E-state index < -0.39 is 12.0 Å². The molecule has 1 rings (SSSR count). The van der Waals surface area contributed by atoms with Gasteiger partial charge in [-0.25, -0.2) is 4.98 Å². The SMILES string of the molecule is CCNC(=O)c1ccc(NC(C)C(=O)O)nc1. The fourth-order valence-electron chi connectivity index (χ4n) is 1.16. The van der Waals surface area contributed by atoms with Crippen LogP contribution in [-0.2, 0) is 4.79 Å². The van der Waals surface area contributed by atoms with E-state index in [9.17, 15) is 9.59 Å². The summed E-state index contributed by atoms with van der Waals surface area (Å²) in [5.41, 5.74) is 0.445. The zero-order valence-corrected chi connectivity index (χ0v) is 9.73. The van der Waals surface area contributed by atoms with E-state index in [0.717, 1.165) is 0 Å². The molecule has 1 heterocycles. The van der Waals surface area contributed by atoms with Crippen LogP contribution in [0.5, 0.6) is 0 Å². The van der Waals surface area contributed by atoms with Gasteiger partial charge in [-0.1, -0.05) is 0 Å². The fraction of sp³-hybridized carbons (Fsp3) is 0.364. The molecule has 1 amide bonds. The number of aromatic nitrogens is 1. The quantitative estimate of drug-likeness (QED) is 0.701. The van der Waals surface area contributed by atoms with Crippen LogP contribution in [0.4, 0.5) is 5.82 Å². The molecule has 0 aliphatic rings. The van der Waals surface area contributed by atoms with Crippen molar-refractivity contribution in [2.24, 2.45) is 0 Å². The highest BCUT2D eigenvalue weighted by Crippen LogP contribution is 2.06. The number of hydrogen-bond acceptors (Lipinski definition) is 4. The van der Waals surface area contributed by atoms with Gasteiger partial charge in [-0.2, -0.15) is 0 Å². The number of hydrogen-bond donors (Lipinski definition) is 3. The van der Waals surface area contributed by atoms with E-state index in [0.29, 0.717) is 17.9 Å². The summed E-state index contributed by atoms with van der Waals surface area (Å²) in [6, 6.07) is 2.44. The normalized spacial score (nSPS) is 11.6. The van der Waals surface area contributed by atoms with Gasteiger partial charge in [-0.15, -0.1) is 0 Å². The molecule has 1 unspecified atom stereocenters. The van der Waals surface area contributed by atoms with Crippen molar-refractivity contribution in [3.63, 3.8) is 0 Å². The summed E-state index contributed by atoms with van der Waals surface area (Å²) in [5.74, 6) is -0.731. The highest BCUT2D eigenvalue weighted by atomic mass is 16.4. The number of carbonyl (C=O) groups excluding carboxylic acids is 1. The second kappa shape index (κ2) is 5.83. The van der Waals surface area contributed by atoms with Gasteiger partial charge in [0.15, 0.2) is 0 Å². The van der Waals surface area contributed by atoms with Crippen molar-refractivity contribution < 1.29 is 14.7 Å². The van der Waals surface area contributed by atoms with E-state index in [1.807, 2.05) is 6.92 Å². The van der Waals surface area contributed by atoms with E-state index in [1.165, 1.54) is 13.1 Å². The Morgan fingerprint density at radius 3 is 2.65 bits per heavy atom. The highest BCUT2D eigenvalue weighted by Gasteiger charge is 2.11. The third-order valence-electron chi connectivity index (χ3n) is 2.10. The zero-order valence-electron chi connectivity index (χ0n) is 9.73. The number of aliphatic carboxylic acids is 1. The second-order valence-corrected chi connectivity index (χ2v) is 3.50. The van der Waals surface area contributed by atoms with E-state index in [4.69, 9.17) is 5.11 Å². The summed E-state index contributed by atoms with van der Waals surface area (Å²) >= 11 is 0. The summed E-state index contributed by atoms with van der Waals surface area (Å²) < 4.78 is 0. The molecular formula is C11H15N3O3. The number of anilines is 1. The fourth-order valence-corrected chi connectivity index (χ4v) is 1.16. The van der Waals surface area contributed by atoms with Crippen LogP contribution in [-0.4, -0.2) is 34.6 Å². The number of nitrogens with zero attached hydrogens (tertiary/aromatic N) is 1. The van der Waals surface area contributed by atoms with E-state index in [1.54, 1.807) is 12.1 Å². The van der Waals surface area contributed by atoms with Crippen molar-refractivity contribution in [2.45, 2.75) is 19.9 Å². The Balaban J connectivity index is 2.68. The number of carboxylic acids is 1. The third-order valence-corrected chi connectivity index (χ3v) is 2.10. The minimum atomic E-state index is -0.959. The first-order valence-corrected chi connectivity index (χ1v) is 5.28. The molecule has 0 aliphatic heterocycles. The molecule has 1 aromatic heterocycles. The summed E-state index contributed by atoms with van der Waals surface area (Å²) in [4.78, 5) is 26.0. The van der Waals surface area contributed by atoms with Crippen LogP contribution in [0.15, 0.2) is 18.3 Å². The Kier molecular flexibility index (Phi) is 4.45. The molecule has 0 aromatic carbocycles. The predicted molar refractivity (Wildman–Crippen MR) is 63.0 cm³/mol. The first-order valence-electron chi connectivity index (χ1n) is 5.28. The van der Waals surface area contributed by atoms with Crippen LogP contribution in [0.25, 0.3) is 0 Å². The Hall–Kier alpha value is -2.11. The van der Waals surface area contributed by atoms with Gasteiger partial charge >= 0.3 is 5.97 Å². The predicted octanol–water partition coefficient (Wildman–Crippen LogP) is 0.716. The van der Waals surface area contributed by atoms with Crippen molar-refractivity contribution in [3.05, 3.63) is 23.9 Å². The summed E-state index contributed by atoms with van der Waals surface area (Å²) in [6.45, 7) is 3.90. The number of nitrogens with one attached hydrogen (secondary N) is 2. The van der Waals surface area contributed by atoms with Gasteiger partial charge in [0.25, 0.3) is 5.91 Å². The summed E-state index contributed by atoms with van der Waals surface area (Å²) in [6.07, 6.45) is 1.40. The van der Waals surface area contributed by atoms with Crippen LogP contribution >= 0.6 is 0 Å². The molecule has 0 saturated heterocycles. The molecular weight excluding hydrogens is 222 g/mol. The number of rotatable bonds is 5. The first-order chi connectivity index (χ1) is 8.04. The second-order valence-electron chi connectivity index (χ2n) is 3.50. The van der Waals surface area contributed by atoms with Crippen LogP contribution in [0.2, 0.25) is 0 Å². The number of carbonyl (C=O) groups is 2. The minimum absolute atomic E-state index is 0.196. The van der Waals surface area contributed by atoms with Crippen LogP contribution < -0.4 is 10.6 Å². The van der Waals surface area contributed by atoms with E-state index in [-0.39, 0.29) is 5.91 Å². The maximum Gasteiger partial charge on any atom is 0.325 e. The van der Waals surface area contributed by atoms with Crippen molar-refractivity contribution in [1.82, 2.24) is 10.3 Å². The van der Waals surface area contributed by atoms with Gasteiger partial charge in [0.05, 0.1) is 5.56 Å². The van der Waals surface area contributed by atoms with Gasteiger partial charge in [0.2, 0.25) is 0 Å². The lowest BCUT2D eigenvalue weighted by molar-refractivity contribution is -0.137. The smallest absolute Gasteiger partial charge is 0.325 e.